The number of hydrogen-bond donors (Lipinski definition) is 3. The maximum atomic E-state index is 13.6. The van der Waals surface area contributed by atoms with E-state index >= 15 is 0 Å². The lowest BCUT2D eigenvalue weighted by Gasteiger charge is -2.12. The molecule has 2 aromatic heterocycles. The summed E-state index contributed by atoms with van der Waals surface area (Å²) in [7, 11) is 0. The third-order valence-electron chi connectivity index (χ3n) is 4.07. The van der Waals surface area contributed by atoms with Crippen molar-refractivity contribution in [3.63, 3.8) is 0 Å². The highest BCUT2D eigenvalue weighted by Gasteiger charge is 2.15. The van der Waals surface area contributed by atoms with Crippen molar-refractivity contribution in [3.05, 3.63) is 66.6 Å². The summed E-state index contributed by atoms with van der Waals surface area (Å²) < 4.78 is 15.3. The van der Waals surface area contributed by atoms with Gasteiger partial charge in [-0.25, -0.2) is 9.07 Å². The second kappa shape index (κ2) is 7.61. The van der Waals surface area contributed by atoms with Crippen LogP contribution in [0.5, 0.6) is 0 Å². The Hall–Kier alpha value is -3.52. The van der Waals surface area contributed by atoms with E-state index in [-0.39, 0.29) is 5.82 Å². The van der Waals surface area contributed by atoms with Gasteiger partial charge in [0.2, 0.25) is 5.95 Å². The van der Waals surface area contributed by atoms with E-state index in [9.17, 15) is 9.50 Å². The number of nitrogens with zero attached hydrogens (tertiary/aromatic N) is 4. The van der Waals surface area contributed by atoms with Crippen LogP contribution in [-0.4, -0.2) is 37.5 Å². The van der Waals surface area contributed by atoms with Crippen LogP contribution in [0, 0.1) is 5.82 Å². The minimum atomic E-state index is -0.557. The van der Waals surface area contributed by atoms with E-state index in [1.54, 1.807) is 29.9 Å². The van der Waals surface area contributed by atoms with E-state index < -0.39 is 6.10 Å². The van der Waals surface area contributed by atoms with E-state index in [1.807, 2.05) is 30.3 Å². The van der Waals surface area contributed by atoms with E-state index in [2.05, 4.69) is 25.7 Å². The van der Waals surface area contributed by atoms with Gasteiger partial charge in [-0.2, -0.15) is 15.1 Å². The number of aliphatic hydroxyl groups excluding tert-OH is 1. The summed E-state index contributed by atoms with van der Waals surface area (Å²) in [6, 6.07) is 15.8. The number of fused-ring (bicyclic) bond motifs is 1. The Morgan fingerprint density at radius 3 is 2.68 bits per heavy atom. The van der Waals surface area contributed by atoms with Crippen LogP contribution in [0.3, 0.4) is 0 Å². The van der Waals surface area contributed by atoms with Crippen molar-refractivity contribution in [1.82, 2.24) is 19.7 Å². The number of anilines is 3. The van der Waals surface area contributed by atoms with Gasteiger partial charge < -0.3 is 15.7 Å². The summed E-state index contributed by atoms with van der Waals surface area (Å²) in [5.41, 5.74) is 2.01. The minimum absolute atomic E-state index is 0.296. The molecule has 0 fully saturated rings. The molecule has 2 aromatic carbocycles. The highest BCUT2D eigenvalue weighted by atomic mass is 19.1. The molecule has 0 radical (unpaired) electrons. The molecule has 0 aliphatic heterocycles. The van der Waals surface area contributed by atoms with Crippen molar-refractivity contribution in [3.8, 4) is 5.69 Å². The zero-order valence-corrected chi connectivity index (χ0v) is 15.2. The molecule has 0 aliphatic rings. The Labute approximate surface area is 160 Å². The van der Waals surface area contributed by atoms with Crippen LogP contribution in [-0.2, 0) is 0 Å². The SMILES string of the molecule is C[C@@H](O)CNc1nc(Nc2cccc(F)c2)c2cnn(-c3ccccc3)c2n1. The number of aromatic nitrogens is 4. The largest absolute Gasteiger partial charge is 0.392 e. The Morgan fingerprint density at radius 1 is 1.11 bits per heavy atom. The second-order valence-corrected chi connectivity index (χ2v) is 6.39. The second-order valence-electron chi connectivity index (χ2n) is 6.39. The molecule has 8 heteroatoms. The fraction of sp³-hybridized carbons (Fsp3) is 0.150. The van der Waals surface area contributed by atoms with Crippen LogP contribution in [0.15, 0.2) is 60.8 Å². The van der Waals surface area contributed by atoms with Crippen LogP contribution in [0.1, 0.15) is 6.92 Å². The Morgan fingerprint density at radius 2 is 1.93 bits per heavy atom. The molecule has 1 atom stereocenters. The summed E-state index contributed by atoms with van der Waals surface area (Å²) >= 11 is 0. The highest BCUT2D eigenvalue weighted by molar-refractivity contribution is 5.90. The molecule has 3 N–H and O–H groups in total. The van der Waals surface area contributed by atoms with Crippen molar-refractivity contribution in [1.29, 1.82) is 0 Å². The van der Waals surface area contributed by atoms with Gasteiger partial charge in [-0.05, 0) is 37.3 Å². The number of benzene rings is 2. The summed E-state index contributed by atoms with van der Waals surface area (Å²) in [6.07, 6.45) is 1.11. The van der Waals surface area contributed by atoms with Crippen molar-refractivity contribution >= 4 is 28.5 Å². The first-order valence-corrected chi connectivity index (χ1v) is 8.86. The fourth-order valence-electron chi connectivity index (χ4n) is 2.78. The van der Waals surface area contributed by atoms with Crippen LogP contribution >= 0.6 is 0 Å². The first-order valence-electron chi connectivity index (χ1n) is 8.86. The van der Waals surface area contributed by atoms with Gasteiger partial charge in [0.25, 0.3) is 0 Å². The van der Waals surface area contributed by atoms with Gasteiger partial charge >= 0.3 is 0 Å². The molecule has 142 valence electrons. The predicted molar refractivity (Wildman–Crippen MR) is 107 cm³/mol. The standard InChI is InChI=1S/C20H19FN6O/c1-13(28)11-22-20-25-18(24-15-7-5-6-14(21)10-15)17-12-23-27(19(17)26-20)16-8-3-2-4-9-16/h2-10,12-13,28H,11H2,1H3,(H2,22,24,25,26)/t13-/m1/s1. The first-order chi connectivity index (χ1) is 13.6. The number of nitrogens with one attached hydrogen (secondary N) is 2. The maximum Gasteiger partial charge on any atom is 0.226 e. The molecule has 0 aliphatic carbocycles. The predicted octanol–water partition coefficient (Wildman–Crippen LogP) is 3.49. The molecule has 0 saturated heterocycles. The Kier molecular flexibility index (Phi) is 4.86. The number of hydrogen-bond acceptors (Lipinski definition) is 6. The monoisotopic (exact) mass is 378 g/mol. The molecule has 2 heterocycles. The molecule has 0 unspecified atom stereocenters. The lowest BCUT2D eigenvalue weighted by molar-refractivity contribution is 0.208. The van der Waals surface area contributed by atoms with Crippen molar-refractivity contribution in [2.24, 2.45) is 0 Å². The molecule has 7 nitrogen and oxygen atoms in total. The molecule has 0 bridgehead atoms. The summed E-state index contributed by atoms with van der Waals surface area (Å²) in [5, 5.41) is 20.8. The van der Waals surface area contributed by atoms with Crippen LogP contribution in [0.25, 0.3) is 16.7 Å². The van der Waals surface area contributed by atoms with E-state index in [4.69, 9.17) is 0 Å². The average molecular weight is 378 g/mol. The van der Waals surface area contributed by atoms with Gasteiger partial charge in [0.1, 0.15) is 11.6 Å². The minimum Gasteiger partial charge on any atom is -0.392 e. The number of aliphatic hydroxyl groups is 1. The summed E-state index contributed by atoms with van der Waals surface area (Å²) in [4.78, 5) is 9.04. The Balaban J connectivity index is 1.81. The zero-order valence-electron chi connectivity index (χ0n) is 15.2. The summed E-state index contributed by atoms with van der Waals surface area (Å²) in [5.74, 6) is 0.485. The molecule has 4 rings (SSSR count). The smallest absolute Gasteiger partial charge is 0.226 e. The van der Waals surface area contributed by atoms with Crippen LogP contribution in [0.2, 0.25) is 0 Å². The number of rotatable bonds is 6. The third-order valence-corrected chi connectivity index (χ3v) is 4.07. The van der Waals surface area contributed by atoms with Gasteiger partial charge in [0, 0.05) is 12.2 Å². The van der Waals surface area contributed by atoms with Gasteiger partial charge in [-0.15, -0.1) is 0 Å². The topological polar surface area (TPSA) is 87.9 Å². The van der Waals surface area contributed by atoms with Gasteiger partial charge in [-0.3, -0.25) is 0 Å². The van der Waals surface area contributed by atoms with Gasteiger partial charge in [-0.1, -0.05) is 24.3 Å². The molecular formula is C20H19FN6O. The number of para-hydroxylation sites is 1. The maximum absolute atomic E-state index is 13.6. The van der Waals surface area contributed by atoms with Gasteiger partial charge in [0.05, 0.1) is 23.4 Å². The molecular weight excluding hydrogens is 359 g/mol. The van der Waals surface area contributed by atoms with E-state index in [0.29, 0.717) is 35.0 Å². The van der Waals surface area contributed by atoms with Crippen LogP contribution < -0.4 is 10.6 Å². The van der Waals surface area contributed by atoms with Gasteiger partial charge in [0.15, 0.2) is 5.65 Å². The van der Waals surface area contributed by atoms with Crippen molar-refractivity contribution < 1.29 is 9.50 Å². The average Bonchev–Trinajstić information content (AvgIpc) is 3.11. The quantitative estimate of drug-likeness (QED) is 0.476. The molecule has 0 saturated carbocycles. The van der Waals surface area contributed by atoms with E-state index in [1.165, 1.54) is 12.1 Å². The van der Waals surface area contributed by atoms with E-state index in [0.717, 1.165) is 5.69 Å². The van der Waals surface area contributed by atoms with Crippen molar-refractivity contribution in [2.75, 3.05) is 17.2 Å². The first kappa shape index (κ1) is 17.9. The molecule has 4 aromatic rings. The summed E-state index contributed by atoms with van der Waals surface area (Å²) in [6.45, 7) is 1.97. The van der Waals surface area contributed by atoms with Crippen LogP contribution in [0.4, 0.5) is 21.8 Å². The third kappa shape index (κ3) is 3.77. The molecule has 0 spiro atoms. The Bertz CT molecular complexity index is 1100. The lowest BCUT2D eigenvalue weighted by Crippen LogP contribution is -2.17. The molecule has 0 amide bonds. The van der Waals surface area contributed by atoms with Crippen molar-refractivity contribution in [2.45, 2.75) is 13.0 Å². The highest BCUT2D eigenvalue weighted by Crippen LogP contribution is 2.27. The lowest BCUT2D eigenvalue weighted by atomic mass is 10.3. The normalized spacial score (nSPS) is 12.1. The fourth-order valence-corrected chi connectivity index (χ4v) is 2.78. The molecule has 28 heavy (non-hydrogen) atoms. The number of halogens is 1. The zero-order chi connectivity index (χ0) is 19.5.